The number of rotatable bonds is 4. The van der Waals surface area contributed by atoms with E-state index in [9.17, 15) is 18.7 Å². The summed E-state index contributed by atoms with van der Waals surface area (Å²) >= 11 is 0. The average molecular weight is 292 g/mol. The summed E-state index contributed by atoms with van der Waals surface area (Å²) < 4.78 is 25.8. The second kappa shape index (κ2) is 6.21. The van der Waals surface area contributed by atoms with Gasteiger partial charge in [0.05, 0.1) is 6.42 Å². The minimum Gasteiger partial charge on any atom is -0.508 e. The van der Waals surface area contributed by atoms with Crippen molar-refractivity contribution in [3.63, 3.8) is 0 Å². The van der Waals surface area contributed by atoms with Gasteiger partial charge in [-0.05, 0) is 35.9 Å². The van der Waals surface area contributed by atoms with E-state index in [1.807, 2.05) is 0 Å². The van der Waals surface area contributed by atoms with E-state index < -0.39 is 11.6 Å². The summed E-state index contributed by atoms with van der Waals surface area (Å²) in [6.07, 6.45) is -0.0831. The number of nitrogens with one attached hydrogen (secondary N) is 1. The SMILES string of the molecule is Nc1ccc(O)c(CNC(=O)Cc2ccc(F)c(F)c2)c1. The van der Waals surface area contributed by atoms with E-state index in [1.165, 1.54) is 12.1 Å². The van der Waals surface area contributed by atoms with Gasteiger partial charge in [-0.15, -0.1) is 0 Å². The lowest BCUT2D eigenvalue weighted by Crippen LogP contribution is -2.24. The highest BCUT2D eigenvalue weighted by atomic mass is 19.2. The molecule has 0 saturated carbocycles. The first-order chi connectivity index (χ1) is 9.95. The molecule has 0 atom stereocenters. The maximum absolute atomic E-state index is 13.0. The lowest BCUT2D eigenvalue weighted by atomic mass is 10.1. The summed E-state index contributed by atoms with van der Waals surface area (Å²) in [5.74, 6) is -2.29. The molecular weight excluding hydrogens is 278 g/mol. The van der Waals surface area contributed by atoms with Crippen LogP contribution in [0.15, 0.2) is 36.4 Å². The molecule has 2 rings (SSSR count). The highest BCUT2D eigenvalue weighted by molar-refractivity contribution is 5.78. The van der Waals surface area contributed by atoms with Gasteiger partial charge in [0.25, 0.3) is 0 Å². The van der Waals surface area contributed by atoms with Gasteiger partial charge >= 0.3 is 0 Å². The Morgan fingerprint density at radius 1 is 1.14 bits per heavy atom. The molecule has 0 heterocycles. The number of anilines is 1. The van der Waals surface area contributed by atoms with Crippen LogP contribution in [0, 0.1) is 11.6 Å². The van der Waals surface area contributed by atoms with Gasteiger partial charge in [0.2, 0.25) is 5.91 Å². The summed E-state index contributed by atoms with van der Waals surface area (Å²) in [7, 11) is 0. The average Bonchev–Trinajstić information content (AvgIpc) is 2.44. The molecule has 110 valence electrons. The number of nitrogen functional groups attached to an aromatic ring is 1. The van der Waals surface area contributed by atoms with E-state index in [-0.39, 0.29) is 24.6 Å². The van der Waals surface area contributed by atoms with E-state index in [1.54, 1.807) is 12.1 Å². The van der Waals surface area contributed by atoms with Gasteiger partial charge in [-0.1, -0.05) is 6.07 Å². The number of aromatic hydroxyl groups is 1. The first-order valence-corrected chi connectivity index (χ1v) is 6.23. The number of halogens is 2. The number of benzene rings is 2. The first-order valence-electron chi connectivity index (χ1n) is 6.23. The van der Waals surface area contributed by atoms with Gasteiger partial charge in [-0.3, -0.25) is 4.79 Å². The zero-order valence-corrected chi connectivity index (χ0v) is 11.1. The van der Waals surface area contributed by atoms with Crippen LogP contribution in [-0.2, 0) is 17.8 Å². The van der Waals surface area contributed by atoms with Crippen LogP contribution < -0.4 is 11.1 Å². The molecule has 0 aliphatic heterocycles. The maximum atomic E-state index is 13.0. The lowest BCUT2D eigenvalue weighted by molar-refractivity contribution is -0.120. The first kappa shape index (κ1) is 14.8. The molecule has 0 aromatic heterocycles. The fourth-order valence-electron chi connectivity index (χ4n) is 1.84. The van der Waals surface area contributed by atoms with Crippen LogP contribution in [0.4, 0.5) is 14.5 Å². The number of carbonyl (C=O) groups excluding carboxylic acids is 1. The Balaban J connectivity index is 1.95. The van der Waals surface area contributed by atoms with Crippen LogP contribution in [0.5, 0.6) is 5.75 Å². The Labute approximate surface area is 120 Å². The Kier molecular flexibility index (Phi) is 4.37. The van der Waals surface area contributed by atoms with Crippen molar-refractivity contribution in [3.05, 3.63) is 59.2 Å². The molecule has 4 nitrogen and oxygen atoms in total. The van der Waals surface area contributed by atoms with Crippen molar-refractivity contribution in [1.29, 1.82) is 0 Å². The standard InChI is InChI=1S/C15H14F2N2O2/c16-12-3-1-9(5-13(12)17)6-15(21)19-8-10-7-11(18)2-4-14(10)20/h1-5,7,20H,6,8,18H2,(H,19,21). The molecule has 0 aliphatic rings. The van der Waals surface area contributed by atoms with Gasteiger partial charge in [0.15, 0.2) is 11.6 Å². The van der Waals surface area contributed by atoms with Gasteiger partial charge < -0.3 is 16.2 Å². The summed E-state index contributed by atoms with van der Waals surface area (Å²) in [5.41, 5.74) is 6.90. The van der Waals surface area contributed by atoms with E-state index in [0.29, 0.717) is 16.8 Å². The Morgan fingerprint density at radius 3 is 2.62 bits per heavy atom. The Bertz CT molecular complexity index is 675. The van der Waals surface area contributed by atoms with E-state index in [2.05, 4.69) is 5.32 Å². The summed E-state index contributed by atoms with van der Waals surface area (Å²) in [6, 6.07) is 7.83. The fourth-order valence-corrected chi connectivity index (χ4v) is 1.84. The second-order valence-corrected chi connectivity index (χ2v) is 4.59. The highest BCUT2D eigenvalue weighted by Gasteiger charge is 2.08. The number of phenols is 1. The smallest absolute Gasteiger partial charge is 0.224 e. The van der Waals surface area contributed by atoms with E-state index in [0.717, 1.165) is 12.1 Å². The van der Waals surface area contributed by atoms with Crippen LogP contribution in [0.25, 0.3) is 0 Å². The molecule has 1 amide bonds. The number of hydrogen-bond donors (Lipinski definition) is 3. The molecule has 0 radical (unpaired) electrons. The molecule has 6 heteroatoms. The third-order valence-electron chi connectivity index (χ3n) is 2.93. The van der Waals surface area contributed by atoms with Crippen molar-refractivity contribution in [2.45, 2.75) is 13.0 Å². The molecule has 4 N–H and O–H groups in total. The molecule has 2 aromatic carbocycles. The largest absolute Gasteiger partial charge is 0.508 e. The number of hydrogen-bond acceptors (Lipinski definition) is 3. The van der Waals surface area contributed by atoms with Crippen LogP contribution in [-0.4, -0.2) is 11.0 Å². The molecule has 21 heavy (non-hydrogen) atoms. The van der Waals surface area contributed by atoms with E-state index >= 15 is 0 Å². The van der Waals surface area contributed by atoms with Crippen LogP contribution in [0.2, 0.25) is 0 Å². The third-order valence-corrected chi connectivity index (χ3v) is 2.93. The normalized spacial score (nSPS) is 10.4. The predicted octanol–water partition coefficient (Wildman–Crippen LogP) is 2.11. The number of nitrogens with two attached hydrogens (primary N) is 1. The van der Waals surface area contributed by atoms with Crippen LogP contribution >= 0.6 is 0 Å². The monoisotopic (exact) mass is 292 g/mol. The van der Waals surface area contributed by atoms with Crippen molar-refractivity contribution < 1.29 is 18.7 Å². The zero-order chi connectivity index (χ0) is 15.4. The fraction of sp³-hybridized carbons (Fsp3) is 0.133. The molecule has 0 aliphatic carbocycles. The van der Waals surface area contributed by atoms with Crippen LogP contribution in [0.1, 0.15) is 11.1 Å². The quantitative estimate of drug-likeness (QED) is 0.597. The van der Waals surface area contributed by atoms with Crippen molar-refractivity contribution in [2.75, 3.05) is 5.73 Å². The number of phenolic OH excluding ortho intramolecular Hbond substituents is 1. The van der Waals surface area contributed by atoms with Crippen molar-refractivity contribution in [1.82, 2.24) is 5.32 Å². The van der Waals surface area contributed by atoms with Crippen molar-refractivity contribution in [3.8, 4) is 5.75 Å². The highest BCUT2D eigenvalue weighted by Crippen LogP contribution is 2.19. The minimum atomic E-state index is -0.992. The molecule has 2 aromatic rings. The van der Waals surface area contributed by atoms with Gasteiger partial charge in [0, 0.05) is 17.8 Å². The molecule has 0 fully saturated rings. The zero-order valence-electron chi connectivity index (χ0n) is 11.1. The topological polar surface area (TPSA) is 75.3 Å². The molecule has 0 bridgehead atoms. The Hall–Kier alpha value is -2.63. The van der Waals surface area contributed by atoms with Gasteiger partial charge in [-0.25, -0.2) is 8.78 Å². The summed E-state index contributed by atoms with van der Waals surface area (Å²) in [4.78, 5) is 11.7. The molecule has 0 unspecified atom stereocenters. The molecule has 0 spiro atoms. The second-order valence-electron chi connectivity index (χ2n) is 4.59. The number of amides is 1. The molecular formula is C15H14F2N2O2. The van der Waals surface area contributed by atoms with Crippen molar-refractivity contribution in [2.24, 2.45) is 0 Å². The molecule has 0 saturated heterocycles. The van der Waals surface area contributed by atoms with Crippen LogP contribution in [0.3, 0.4) is 0 Å². The van der Waals surface area contributed by atoms with E-state index in [4.69, 9.17) is 5.73 Å². The summed E-state index contributed by atoms with van der Waals surface area (Å²) in [6.45, 7) is 0.0966. The maximum Gasteiger partial charge on any atom is 0.224 e. The minimum absolute atomic E-state index is 0.0253. The van der Waals surface area contributed by atoms with Crippen molar-refractivity contribution >= 4 is 11.6 Å². The number of carbonyl (C=O) groups is 1. The lowest BCUT2D eigenvalue weighted by Gasteiger charge is -2.08. The third kappa shape index (κ3) is 3.92. The van der Waals surface area contributed by atoms with Gasteiger partial charge in [-0.2, -0.15) is 0 Å². The predicted molar refractivity (Wildman–Crippen MR) is 74.4 cm³/mol. The van der Waals surface area contributed by atoms with Gasteiger partial charge in [0.1, 0.15) is 5.75 Å². The Morgan fingerprint density at radius 2 is 1.90 bits per heavy atom. The summed E-state index contributed by atoms with van der Waals surface area (Å²) in [5, 5.41) is 12.2.